The first-order valence-corrected chi connectivity index (χ1v) is 5.38. The first-order valence-electron chi connectivity index (χ1n) is 3.44. The Labute approximate surface area is 114 Å². The Morgan fingerprint density at radius 1 is 1.33 bits per heavy atom. The van der Waals surface area contributed by atoms with Crippen LogP contribution in [0, 0.1) is 0 Å². The zero-order valence-corrected chi connectivity index (χ0v) is 11.5. The molecule has 0 aliphatic carbocycles. The summed E-state index contributed by atoms with van der Waals surface area (Å²) in [5.41, 5.74) is 0.540. The molecule has 0 bridgehead atoms. The molecule has 5 nitrogen and oxygen atoms in total. The number of nitrogens with zero attached hydrogens (tertiary/aromatic N) is 1. The smallest absolute Gasteiger partial charge is 0.404 e. The molecular weight excluding hydrogens is 248 g/mol. The molecule has 0 aliphatic rings. The Kier molecular flexibility index (Phi) is 6.52. The summed E-state index contributed by atoms with van der Waals surface area (Å²) in [4.78, 5) is 20.6. The van der Waals surface area contributed by atoms with Gasteiger partial charge >= 0.3 is 7.82 Å². The second-order valence-corrected chi connectivity index (χ2v) is 3.63. The van der Waals surface area contributed by atoms with Crippen LogP contribution in [0.25, 0.3) is 0 Å². The number of phosphoric ester groups is 1. The van der Waals surface area contributed by atoms with Gasteiger partial charge in [0.1, 0.15) is 5.75 Å². The van der Waals surface area contributed by atoms with Crippen LogP contribution in [0.4, 0.5) is 5.69 Å². The first-order chi connectivity index (χ1) is 6.51. The molecule has 1 rings (SSSR count). The molecule has 0 fully saturated rings. The van der Waals surface area contributed by atoms with Gasteiger partial charge in [0.2, 0.25) is 0 Å². The van der Waals surface area contributed by atoms with E-state index >= 15 is 0 Å². The minimum absolute atomic E-state index is 0. The number of aliphatic imine (C=N–C) groups is 1. The molecule has 15 heavy (non-hydrogen) atoms. The fraction of sp³-hybridized carbons (Fsp3) is 0. The normalized spacial score (nSPS) is 9.73. The number of phosphoric acid groups is 1. The standard InChI is InChI=1S/C7H6NO4PS.Na/c9-13(10,11)12-7-3-1-6(2-4-7)8-5-14;/h1-4H,(H2,9,10,11);. The molecule has 1 radical (unpaired) electrons. The van der Waals surface area contributed by atoms with Crippen molar-refractivity contribution in [2.24, 2.45) is 4.99 Å². The second-order valence-electron chi connectivity index (χ2n) is 2.28. The zero-order valence-electron chi connectivity index (χ0n) is 7.82. The zero-order chi connectivity index (χ0) is 10.6. The monoisotopic (exact) mass is 254 g/mol. The van der Waals surface area contributed by atoms with Crippen molar-refractivity contribution in [1.29, 1.82) is 0 Å². The topological polar surface area (TPSA) is 79.1 Å². The van der Waals surface area contributed by atoms with Crippen molar-refractivity contribution in [3.05, 3.63) is 24.3 Å². The maximum Gasteiger partial charge on any atom is 0.524 e. The van der Waals surface area contributed by atoms with Gasteiger partial charge in [-0.2, -0.15) is 4.99 Å². The van der Waals surface area contributed by atoms with E-state index in [2.05, 4.69) is 26.9 Å². The molecular formula is C7H6NNaO4PS. The Hall–Kier alpha value is -0.0300. The fourth-order valence-corrected chi connectivity index (χ4v) is 1.27. The molecule has 2 N–H and O–H groups in total. The third kappa shape index (κ3) is 6.20. The van der Waals surface area contributed by atoms with Gasteiger partial charge in [0.15, 0.2) is 0 Å². The summed E-state index contributed by atoms with van der Waals surface area (Å²) in [5.74, 6) is 0.0710. The second kappa shape index (κ2) is 6.53. The van der Waals surface area contributed by atoms with E-state index < -0.39 is 7.82 Å². The van der Waals surface area contributed by atoms with Gasteiger partial charge in [-0.1, -0.05) is 0 Å². The molecule has 0 amide bonds. The summed E-state index contributed by atoms with van der Waals surface area (Å²) in [5, 5.41) is 2.17. The summed E-state index contributed by atoms with van der Waals surface area (Å²) in [6.45, 7) is 0. The van der Waals surface area contributed by atoms with Gasteiger partial charge < -0.3 is 4.52 Å². The number of isothiocyanates is 1. The number of thiocarbonyl (C=S) groups is 1. The van der Waals surface area contributed by atoms with Crippen molar-refractivity contribution in [3.63, 3.8) is 0 Å². The first kappa shape index (κ1) is 15.0. The Bertz CT molecular complexity index is 412. The van der Waals surface area contributed by atoms with Crippen LogP contribution < -0.4 is 4.52 Å². The van der Waals surface area contributed by atoms with Crippen LogP contribution in [0.1, 0.15) is 0 Å². The summed E-state index contributed by atoms with van der Waals surface area (Å²) >= 11 is 4.38. The van der Waals surface area contributed by atoms with Gasteiger partial charge in [0.05, 0.1) is 10.8 Å². The van der Waals surface area contributed by atoms with Crippen molar-refractivity contribution in [2.75, 3.05) is 0 Å². The Morgan fingerprint density at radius 2 is 1.87 bits per heavy atom. The quantitative estimate of drug-likeness (QED) is 0.370. The van der Waals surface area contributed by atoms with Crippen molar-refractivity contribution >= 4 is 60.4 Å². The molecule has 0 unspecified atom stereocenters. The van der Waals surface area contributed by atoms with Crippen LogP contribution in [0.2, 0.25) is 0 Å². The van der Waals surface area contributed by atoms with E-state index in [1.165, 1.54) is 24.3 Å². The molecule has 0 heterocycles. The van der Waals surface area contributed by atoms with Crippen LogP contribution in [0.3, 0.4) is 0 Å². The molecule has 0 spiro atoms. The molecule has 0 saturated carbocycles. The SMILES string of the molecule is O=P(O)(O)Oc1ccc(N=C=S)cc1.[Na]. The average molecular weight is 254 g/mol. The van der Waals surface area contributed by atoms with Crippen LogP contribution >= 0.6 is 20.0 Å². The van der Waals surface area contributed by atoms with E-state index in [0.717, 1.165) is 0 Å². The Balaban J connectivity index is 0.00000196. The number of hydrogen-bond donors (Lipinski definition) is 2. The van der Waals surface area contributed by atoms with Crippen LogP contribution in [-0.2, 0) is 4.57 Å². The van der Waals surface area contributed by atoms with E-state index in [1.807, 2.05) is 0 Å². The minimum Gasteiger partial charge on any atom is -0.404 e. The number of hydrogen-bond acceptors (Lipinski definition) is 4. The summed E-state index contributed by atoms with van der Waals surface area (Å²) in [7, 11) is -4.48. The molecule has 0 aromatic heterocycles. The number of benzene rings is 1. The van der Waals surface area contributed by atoms with Gasteiger partial charge in [-0.25, -0.2) is 4.57 Å². The van der Waals surface area contributed by atoms with Gasteiger partial charge in [0, 0.05) is 29.6 Å². The van der Waals surface area contributed by atoms with Crippen LogP contribution in [0.5, 0.6) is 5.75 Å². The third-order valence-corrected chi connectivity index (χ3v) is 1.78. The van der Waals surface area contributed by atoms with E-state index in [9.17, 15) is 4.57 Å². The van der Waals surface area contributed by atoms with Crippen molar-refractivity contribution < 1.29 is 18.9 Å². The maximum atomic E-state index is 10.4. The molecule has 0 atom stereocenters. The van der Waals surface area contributed by atoms with Crippen LogP contribution in [0.15, 0.2) is 29.3 Å². The van der Waals surface area contributed by atoms with Crippen molar-refractivity contribution in [3.8, 4) is 5.75 Å². The fourth-order valence-electron chi connectivity index (χ4n) is 0.772. The Morgan fingerprint density at radius 3 is 2.27 bits per heavy atom. The molecule has 75 valence electrons. The maximum absolute atomic E-state index is 10.4. The van der Waals surface area contributed by atoms with Crippen molar-refractivity contribution in [2.45, 2.75) is 0 Å². The predicted octanol–water partition coefficient (Wildman–Crippen LogP) is 1.51. The van der Waals surface area contributed by atoms with E-state index in [0.29, 0.717) is 5.69 Å². The predicted molar refractivity (Wildman–Crippen MR) is 59.6 cm³/mol. The van der Waals surface area contributed by atoms with Gasteiger partial charge in [-0.05, 0) is 36.5 Å². The molecule has 1 aromatic rings. The van der Waals surface area contributed by atoms with E-state index in [4.69, 9.17) is 9.79 Å². The molecule has 0 saturated heterocycles. The molecule has 0 aliphatic heterocycles. The number of rotatable bonds is 3. The molecule has 8 heteroatoms. The minimum atomic E-state index is -4.48. The largest absolute Gasteiger partial charge is 0.524 e. The van der Waals surface area contributed by atoms with Gasteiger partial charge in [-0.15, -0.1) is 0 Å². The van der Waals surface area contributed by atoms with Crippen LogP contribution in [-0.4, -0.2) is 44.5 Å². The van der Waals surface area contributed by atoms with E-state index in [-0.39, 0.29) is 35.3 Å². The van der Waals surface area contributed by atoms with E-state index in [1.54, 1.807) is 0 Å². The average Bonchev–Trinajstić information content (AvgIpc) is 2.06. The van der Waals surface area contributed by atoms with Crippen molar-refractivity contribution in [1.82, 2.24) is 0 Å². The summed E-state index contributed by atoms with van der Waals surface area (Å²) in [6, 6.07) is 5.77. The third-order valence-electron chi connectivity index (χ3n) is 1.24. The summed E-state index contributed by atoms with van der Waals surface area (Å²) in [6.07, 6.45) is 0. The summed E-state index contributed by atoms with van der Waals surface area (Å²) < 4.78 is 14.7. The van der Waals surface area contributed by atoms with Gasteiger partial charge in [-0.3, -0.25) is 9.79 Å². The molecule has 1 aromatic carbocycles. The van der Waals surface area contributed by atoms with Gasteiger partial charge in [0.25, 0.3) is 0 Å².